The van der Waals surface area contributed by atoms with Crippen molar-refractivity contribution in [2.75, 3.05) is 33.5 Å². The topological polar surface area (TPSA) is 125 Å². The number of ether oxygens (including phenoxy) is 2. The highest BCUT2D eigenvalue weighted by atomic mass is 28.4. The van der Waals surface area contributed by atoms with Crippen molar-refractivity contribution >= 4 is 45.9 Å². The quantitative estimate of drug-likeness (QED) is 0.299. The van der Waals surface area contributed by atoms with Crippen LogP contribution in [0.5, 0.6) is 11.5 Å². The minimum Gasteiger partial charge on any atom is -0.497 e. The second kappa shape index (κ2) is 17.5. The van der Waals surface area contributed by atoms with Gasteiger partial charge in [0.15, 0.2) is 0 Å². The smallest absolute Gasteiger partial charge is 0.497 e. The number of rotatable bonds is 14. The third kappa shape index (κ3) is 10.1. The van der Waals surface area contributed by atoms with Crippen molar-refractivity contribution in [1.29, 1.82) is 0 Å². The van der Waals surface area contributed by atoms with Crippen molar-refractivity contribution in [3.63, 3.8) is 0 Å². The largest absolute Gasteiger partial charge is 0.746 e. The molecule has 0 atom stereocenters. The van der Waals surface area contributed by atoms with Gasteiger partial charge in [-0.25, -0.2) is 0 Å². The summed E-state index contributed by atoms with van der Waals surface area (Å²) in [5, 5.41) is 1.12. The summed E-state index contributed by atoms with van der Waals surface area (Å²) in [6, 6.07) is 14.2. The number of methoxy groups -OCH3 is 1. The van der Waals surface area contributed by atoms with Gasteiger partial charge in [0.05, 0.1) is 18.9 Å². The van der Waals surface area contributed by atoms with Crippen molar-refractivity contribution in [3.8, 4) is 11.5 Å². The molecule has 0 aromatic heterocycles. The summed E-state index contributed by atoms with van der Waals surface area (Å²) < 4.78 is 43.9. The molecule has 0 amide bonds. The van der Waals surface area contributed by atoms with Crippen molar-refractivity contribution < 1.29 is 50.4 Å². The lowest BCUT2D eigenvalue weighted by molar-refractivity contribution is -0.146. The molecule has 0 aliphatic heterocycles. The molecule has 0 saturated heterocycles. The van der Waals surface area contributed by atoms with Crippen LogP contribution in [0.4, 0.5) is 0 Å². The van der Waals surface area contributed by atoms with Gasteiger partial charge in [-0.2, -0.15) is 0 Å². The molecule has 2 aromatic carbocycles. The molecule has 0 radical (unpaired) electrons. The maximum Gasteiger partial charge on any atom is 0.746 e. The molecular weight excluding hydrogens is 556 g/mol. The summed E-state index contributed by atoms with van der Waals surface area (Å²) in [5.41, 5.74) is 0. The number of hydrogen-bond acceptors (Lipinski definition) is 11. The lowest BCUT2D eigenvalue weighted by Gasteiger charge is -2.29. The predicted octanol–water partition coefficient (Wildman–Crippen LogP) is 2.87. The number of carbonyl (C=O) groups is 3. The van der Waals surface area contributed by atoms with Gasteiger partial charge in [0.25, 0.3) is 17.9 Å². The summed E-state index contributed by atoms with van der Waals surface area (Å²) >= 11 is 0. The molecule has 2 aromatic rings. The van der Waals surface area contributed by atoms with Gasteiger partial charge in [-0.15, -0.1) is 0 Å². The van der Waals surface area contributed by atoms with Crippen LogP contribution in [0.15, 0.2) is 48.5 Å². The Balaban J connectivity index is 0.000000408. The molecule has 0 N–H and O–H groups in total. The molecule has 0 unspecified atom stereocenters. The standard InChI is InChI=1S/C14H18O7Si.C13H22O4Si/c1-5-18-13-8-6-7-9-14(13)22(19-10(2)15,20-11(3)16)21-12(4)17;1-5-15-18(16-6-2,17-7-3)13-11-9-8-10-12(13)14-4/h6-9H,5H2,1-4H3;8-11H,5-7H2,1-4H3. The normalized spacial score (nSPS) is 11.0. The van der Waals surface area contributed by atoms with Crippen LogP contribution in [-0.4, -0.2) is 69.1 Å². The summed E-state index contributed by atoms with van der Waals surface area (Å²) in [5.74, 6) is -1.14. The molecule has 0 spiro atoms. The van der Waals surface area contributed by atoms with Crippen LogP contribution >= 0.6 is 0 Å². The maximum absolute atomic E-state index is 11.5. The van der Waals surface area contributed by atoms with Gasteiger partial charge < -0.3 is 36.0 Å². The van der Waals surface area contributed by atoms with E-state index in [1.807, 2.05) is 45.0 Å². The van der Waals surface area contributed by atoms with Gasteiger partial charge in [0.2, 0.25) is 0 Å². The Labute approximate surface area is 238 Å². The first-order valence-electron chi connectivity index (χ1n) is 12.9. The molecule has 2 rings (SSSR count). The Hall–Kier alpha value is -3.24. The van der Waals surface area contributed by atoms with E-state index in [0.29, 0.717) is 32.2 Å². The minimum atomic E-state index is -4.12. The van der Waals surface area contributed by atoms with Gasteiger partial charge in [-0.3, -0.25) is 14.4 Å². The predicted molar refractivity (Wildman–Crippen MR) is 152 cm³/mol. The van der Waals surface area contributed by atoms with Gasteiger partial charge >= 0.3 is 17.6 Å². The molecule has 0 saturated carbocycles. The Morgan fingerprint density at radius 1 is 0.575 bits per heavy atom. The van der Waals surface area contributed by atoms with E-state index in [0.717, 1.165) is 31.7 Å². The fourth-order valence-corrected chi connectivity index (χ4v) is 8.61. The van der Waals surface area contributed by atoms with Gasteiger partial charge in [-0.1, -0.05) is 30.3 Å². The van der Waals surface area contributed by atoms with Gasteiger partial charge in [0.1, 0.15) is 16.7 Å². The van der Waals surface area contributed by atoms with E-state index in [2.05, 4.69) is 0 Å². The SMILES string of the molecule is CCO[Si](OCC)(OCC)c1ccccc1OC.CCOc1ccccc1[Si](OC(C)=O)(OC(C)=O)OC(C)=O. The Bertz CT molecular complexity index is 1040. The van der Waals surface area contributed by atoms with Crippen molar-refractivity contribution in [2.24, 2.45) is 0 Å². The molecule has 0 fully saturated rings. The van der Waals surface area contributed by atoms with E-state index in [-0.39, 0.29) is 5.19 Å². The maximum atomic E-state index is 11.5. The van der Waals surface area contributed by atoms with Crippen LogP contribution in [0.2, 0.25) is 0 Å². The van der Waals surface area contributed by atoms with E-state index >= 15 is 0 Å². The Kier molecular flexibility index (Phi) is 15.2. The first kappa shape index (κ1) is 34.8. The second-order valence-electron chi connectivity index (χ2n) is 7.82. The highest BCUT2D eigenvalue weighted by molar-refractivity contribution is 6.79. The fourth-order valence-electron chi connectivity index (χ4n) is 3.62. The second-order valence-corrected chi connectivity index (χ2v) is 12.6. The zero-order valence-corrected chi connectivity index (χ0v) is 26.4. The van der Waals surface area contributed by atoms with E-state index < -0.39 is 35.5 Å². The summed E-state index contributed by atoms with van der Waals surface area (Å²) in [7, 11) is -5.34. The number of carbonyl (C=O) groups excluding carboxylic acids is 3. The number of para-hydroxylation sites is 2. The highest BCUT2D eigenvalue weighted by Crippen LogP contribution is 2.20. The summed E-state index contributed by atoms with van der Waals surface area (Å²) in [6.07, 6.45) is 0. The monoisotopic (exact) mass is 596 g/mol. The Morgan fingerprint density at radius 3 is 1.30 bits per heavy atom. The zero-order chi connectivity index (χ0) is 30.2. The van der Waals surface area contributed by atoms with Crippen molar-refractivity contribution in [3.05, 3.63) is 48.5 Å². The lowest BCUT2D eigenvalue weighted by Crippen LogP contribution is -2.59. The molecule has 0 aliphatic carbocycles. The molecule has 40 heavy (non-hydrogen) atoms. The first-order valence-corrected chi connectivity index (χ1v) is 16.4. The van der Waals surface area contributed by atoms with Crippen molar-refractivity contribution in [1.82, 2.24) is 0 Å². The van der Waals surface area contributed by atoms with Crippen molar-refractivity contribution in [2.45, 2.75) is 48.5 Å². The Morgan fingerprint density at radius 2 is 0.950 bits per heavy atom. The summed E-state index contributed by atoms with van der Waals surface area (Å²) in [6.45, 7) is 13.0. The molecule has 0 aliphatic rings. The van der Waals surface area contributed by atoms with Crippen LogP contribution in [0, 0.1) is 0 Å². The molecule has 13 heteroatoms. The molecule has 11 nitrogen and oxygen atoms in total. The minimum absolute atomic E-state index is 0.234. The van der Waals surface area contributed by atoms with E-state index in [1.54, 1.807) is 32.2 Å². The molecular formula is C27H40O11Si2. The molecule has 0 bridgehead atoms. The zero-order valence-electron chi connectivity index (χ0n) is 24.4. The van der Waals surface area contributed by atoms with Crippen LogP contribution in [0.25, 0.3) is 0 Å². The molecule has 222 valence electrons. The van der Waals surface area contributed by atoms with E-state index in [1.165, 1.54) is 6.07 Å². The van der Waals surface area contributed by atoms with Crippen LogP contribution in [0.1, 0.15) is 48.5 Å². The third-order valence-electron chi connectivity index (χ3n) is 4.79. The lowest BCUT2D eigenvalue weighted by atomic mass is 10.3. The van der Waals surface area contributed by atoms with E-state index in [9.17, 15) is 14.4 Å². The van der Waals surface area contributed by atoms with E-state index in [4.69, 9.17) is 36.0 Å². The number of hydrogen-bond donors (Lipinski definition) is 0. The number of benzene rings is 2. The average molecular weight is 597 g/mol. The first-order chi connectivity index (χ1) is 19.0. The van der Waals surface area contributed by atoms with Gasteiger partial charge in [-0.05, 0) is 45.9 Å². The van der Waals surface area contributed by atoms with Crippen LogP contribution in [-0.2, 0) is 40.9 Å². The fraction of sp³-hybridized carbons (Fsp3) is 0.444. The average Bonchev–Trinajstić information content (AvgIpc) is 2.88. The third-order valence-corrected chi connectivity index (χ3v) is 10.6. The molecule has 0 heterocycles. The van der Waals surface area contributed by atoms with Crippen LogP contribution in [0.3, 0.4) is 0 Å². The van der Waals surface area contributed by atoms with Crippen LogP contribution < -0.4 is 19.8 Å². The van der Waals surface area contributed by atoms with Gasteiger partial charge in [0, 0.05) is 40.6 Å². The summed E-state index contributed by atoms with van der Waals surface area (Å²) in [4.78, 5) is 34.4. The highest BCUT2D eigenvalue weighted by Gasteiger charge is 2.56.